The largest absolute Gasteiger partial charge is 0.493 e. The maximum Gasteiger partial charge on any atom is 0.229 e. The second-order valence-electron chi connectivity index (χ2n) is 8.50. The topological polar surface area (TPSA) is 188 Å². The van der Waals surface area contributed by atoms with E-state index in [-0.39, 0.29) is 23.9 Å². The van der Waals surface area contributed by atoms with Crippen molar-refractivity contribution in [3.8, 4) is 23.0 Å². The lowest BCUT2D eigenvalue weighted by molar-refractivity contribution is -0.277. The average molecular weight is 539 g/mol. The van der Waals surface area contributed by atoms with Crippen LogP contribution in [0.25, 0.3) is 6.08 Å². The number of ether oxygens (including phenoxy) is 5. The molecule has 12 heteroatoms. The molecule has 1 saturated heterocycles. The number of rotatable bonds is 12. The van der Waals surface area contributed by atoms with Crippen molar-refractivity contribution in [2.45, 2.75) is 42.9 Å². The predicted octanol–water partition coefficient (Wildman–Crippen LogP) is -0.639. The van der Waals surface area contributed by atoms with Crippen LogP contribution >= 0.6 is 0 Å². The van der Waals surface area contributed by atoms with Gasteiger partial charge in [0, 0.05) is 0 Å². The normalized spacial score (nSPS) is 25.1. The number of aliphatic hydroxyl groups excluding tert-OH is 7. The van der Waals surface area contributed by atoms with Crippen LogP contribution < -0.4 is 18.9 Å². The van der Waals surface area contributed by atoms with Crippen molar-refractivity contribution < 1.29 is 59.4 Å². The first-order chi connectivity index (χ1) is 18.3. The van der Waals surface area contributed by atoms with Crippen LogP contribution in [0.2, 0.25) is 0 Å². The van der Waals surface area contributed by atoms with Gasteiger partial charge in [0.25, 0.3) is 0 Å². The maximum atomic E-state index is 11.0. The molecule has 7 N–H and O–H groups in total. The van der Waals surface area contributed by atoms with Gasteiger partial charge in [0.1, 0.15) is 30.5 Å². The molecule has 1 fully saturated rings. The molecule has 0 amide bonds. The SMILES string of the molecule is COc1cc(/C=C\CO)ccc1OC(CO)C(O)c1ccc(OC2OC(CO)C(O)C(O)C2O)c(OC)c1. The molecule has 0 radical (unpaired) electrons. The maximum absolute atomic E-state index is 11.0. The average Bonchev–Trinajstić information content (AvgIpc) is 2.94. The Morgan fingerprint density at radius 3 is 2.18 bits per heavy atom. The highest BCUT2D eigenvalue weighted by molar-refractivity contribution is 5.56. The highest BCUT2D eigenvalue weighted by Crippen LogP contribution is 2.36. The van der Waals surface area contributed by atoms with Crippen LogP contribution in [0, 0.1) is 0 Å². The van der Waals surface area contributed by atoms with Crippen LogP contribution in [-0.2, 0) is 4.74 Å². The van der Waals surface area contributed by atoms with E-state index >= 15 is 0 Å². The van der Waals surface area contributed by atoms with Gasteiger partial charge < -0.3 is 59.4 Å². The minimum atomic E-state index is -1.62. The summed E-state index contributed by atoms with van der Waals surface area (Å²) < 4.78 is 27.6. The van der Waals surface area contributed by atoms with E-state index < -0.39 is 56.1 Å². The van der Waals surface area contributed by atoms with Crippen LogP contribution in [0.15, 0.2) is 42.5 Å². The first-order valence-corrected chi connectivity index (χ1v) is 11.8. The summed E-state index contributed by atoms with van der Waals surface area (Å²) in [5.74, 6) is 0.855. The van der Waals surface area contributed by atoms with Gasteiger partial charge in [-0.3, -0.25) is 0 Å². The van der Waals surface area contributed by atoms with Crippen molar-refractivity contribution in [1.82, 2.24) is 0 Å². The Kier molecular flexibility index (Phi) is 10.7. The van der Waals surface area contributed by atoms with E-state index in [4.69, 9.17) is 28.8 Å². The number of aliphatic hydroxyl groups is 7. The van der Waals surface area contributed by atoms with Gasteiger partial charge >= 0.3 is 0 Å². The second kappa shape index (κ2) is 13.7. The molecule has 7 atom stereocenters. The highest BCUT2D eigenvalue weighted by Gasteiger charge is 2.45. The zero-order valence-corrected chi connectivity index (χ0v) is 21.0. The Bertz CT molecular complexity index is 1060. The molecule has 12 nitrogen and oxygen atoms in total. The van der Waals surface area contributed by atoms with Crippen molar-refractivity contribution >= 4 is 6.08 Å². The fraction of sp³-hybridized carbons (Fsp3) is 0.462. The van der Waals surface area contributed by atoms with Crippen LogP contribution in [-0.4, -0.2) is 107 Å². The highest BCUT2D eigenvalue weighted by atomic mass is 16.7. The Balaban J connectivity index is 1.78. The zero-order valence-electron chi connectivity index (χ0n) is 21.0. The van der Waals surface area contributed by atoms with Crippen LogP contribution in [0.5, 0.6) is 23.0 Å². The van der Waals surface area contributed by atoms with Crippen molar-refractivity contribution in [3.05, 3.63) is 53.6 Å². The molecule has 210 valence electrons. The summed E-state index contributed by atoms with van der Waals surface area (Å²) >= 11 is 0. The number of hydrogen-bond acceptors (Lipinski definition) is 12. The molecule has 1 aliphatic heterocycles. The second-order valence-corrected chi connectivity index (χ2v) is 8.50. The Morgan fingerprint density at radius 1 is 0.868 bits per heavy atom. The molecule has 3 rings (SSSR count). The molecule has 7 unspecified atom stereocenters. The van der Waals surface area contributed by atoms with Gasteiger partial charge in [-0.25, -0.2) is 0 Å². The van der Waals surface area contributed by atoms with Gasteiger partial charge in [0.05, 0.1) is 34.0 Å². The molecule has 2 aromatic carbocycles. The smallest absolute Gasteiger partial charge is 0.229 e. The minimum absolute atomic E-state index is 0.0856. The van der Waals surface area contributed by atoms with Crippen LogP contribution in [0.3, 0.4) is 0 Å². The predicted molar refractivity (Wildman–Crippen MR) is 133 cm³/mol. The first-order valence-electron chi connectivity index (χ1n) is 11.8. The van der Waals surface area contributed by atoms with Crippen LogP contribution in [0.4, 0.5) is 0 Å². The molecular weight excluding hydrogens is 504 g/mol. The first kappa shape index (κ1) is 29.6. The molecular formula is C26H34O12. The molecule has 0 aliphatic carbocycles. The molecule has 38 heavy (non-hydrogen) atoms. The lowest BCUT2D eigenvalue weighted by atomic mass is 9.99. The fourth-order valence-electron chi connectivity index (χ4n) is 3.91. The summed E-state index contributed by atoms with van der Waals surface area (Å²) in [5, 5.41) is 69.4. The molecule has 0 bridgehead atoms. The Labute approximate surface area is 219 Å². The summed E-state index contributed by atoms with van der Waals surface area (Å²) in [7, 11) is 2.80. The Morgan fingerprint density at radius 2 is 1.55 bits per heavy atom. The zero-order chi connectivity index (χ0) is 27.8. The summed E-state index contributed by atoms with van der Waals surface area (Å²) in [5.41, 5.74) is 1.06. The molecule has 1 heterocycles. The Hall–Kier alpha value is -2.94. The summed E-state index contributed by atoms with van der Waals surface area (Å²) in [4.78, 5) is 0. The van der Waals surface area contributed by atoms with E-state index in [9.17, 15) is 30.6 Å². The fourth-order valence-corrected chi connectivity index (χ4v) is 3.91. The van der Waals surface area contributed by atoms with Crippen molar-refractivity contribution in [3.63, 3.8) is 0 Å². The van der Waals surface area contributed by atoms with Gasteiger partial charge in [0.2, 0.25) is 6.29 Å². The third kappa shape index (κ3) is 6.73. The molecule has 0 aromatic heterocycles. The summed E-state index contributed by atoms with van der Waals surface area (Å²) in [6, 6.07) is 9.36. The van der Waals surface area contributed by atoms with Crippen molar-refractivity contribution in [2.24, 2.45) is 0 Å². The summed E-state index contributed by atoms with van der Waals surface area (Å²) in [6.07, 6.45) is -6.47. The third-order valence-electron chi connectivity index (χ3n) is 6.03. The van der Waals surface area contributed by atoms with E-state index in [1.54, 1.807) is 30.4 Å². The van der Waals surface area contributed by atoms with Crippen LogP contribution in [0.1, 0.15) is 17.2 Å². The van der Waals surface area contributed by atoms with Crippen molar-refractivity contribution in [1.29, 1.82) is 0 Å². The van der Waals surface area contributed by atoms with E-state index in [1.807, 2.05) is 0 Å². The lowest BCUT2D eigenvalue weighted by Crippen LogP contribution is -2.60. The quantitative estimate of drug-likeness (QED) is 0.181. The van der Waals surface area contributed by atoms with E-state index in [0.717, 1.165) is 5.56 Å². The van der Waals surface area contributed by atoms with Gasteiger partial charge in [0.15, 0.2) is 29.1 Å². The van der Waals surface area contributed by atoms with Crippen molar-refractivity contribution in [2.75, 3.05) is 34.0 Å². The van der Waals surface area contributed by atoms with E-state index in [1.165, 1.54) is 32.4 Å². The number of benzene rings is 2. The molecule has 0 saturated carbocycles. The van der Waals surface area contributed by atoms with Gasteiger partial charge in [-0.1, -0.05) is 24.3 Å². The number of hydrogen-bond donors (Lipinski definition) is 7. The van der Waals surface area contributed by atoms with Gasteiger partial charge in [-0.15, -0.1) is 0 Å². The van der Waals surface area contributed by atoms with Gasteiger partial charge in [-0.2, -0.15) is 0 Å². The van der Waals surface area contributed by atoms with Gasteiger partial charge in [-0.05, 0) is 35.4 Å². The standard InChI is InChI=1S/C26H34O12/c1-34-18-10-14(4-3-9-27)5-7-16(18)36-20(12-28)22(30)15-6-8-17(19(11-15)35-2)37-26-25(33)24(32)23(31)21(13-29)38-26/h3-8,10-11,20-33H,9,12-13H2,1-2H3/b4-3-. The number of methoxy groups -OCH3 is 2. The summed E-state index contributed by atoms with van der Waals surface area (Å²) in [6.45, 7) is -1.26. The lowest BCUT2D eigenvalue weighted by Gasteiger charge is -2.39. The molecule has 1 aliphatic rings. The van der Waals surface area contributed by atoms with E-state index in [0.29, 0.717) is 11.3 Å². The monoisotopic (exact) mass is 538 g/mol. The molecule has 2 aromatic rings. The molecule has 0 spiro atoms. The third-order valence-corrected chi connectivity index (χ3v) is 6.03. The minimum Gasteiger partial charge on any atom is -0.493 e. The van der Waals surface area contributed by atoms with E-state index in [2.05, 4.69) is 0 Å².